The summed E-state index contributed by atoms with van der Waals surface area (Å²) >= 11 is 0. The molecule has 2 atom stereocenters. The molecule has 0 N–H and O–H groups in total. The van der Waals surface area contributed by atoms with E-state index in [1.165, 1.54) is 19.3 Å². The van der Waals surface area contributed by atoms with Crippen LogP contribution in [0.15, 0.2) is 0 Å². The first kappa shape index (κ1) is 11.6. The van der Waals surface area contributed by atoms with Crippen LogP contribution in [-0.2, 0) is 9.53 Å². The summed E-state index contributed by atoms with van der Waals surface area (Å²) in [6.45, 7) is 2.18. The van der Waals surface area contributed by atoms with E-state index in [1.807, 2.05) is 0 Å². The first-order valence-corrected chi connectivity index (χ1v) is 4.61. The maximum Gasteiger partial charge on any atom is 0.123 e. The second-order valence-electron chi connectivity index (χ2n) is 3.47. The van der Waals surface area contributed by atoms with Crippen molar-refractivity contribution in [3.05, 3.63) is 0 Å². The first-order valence-electron chi connectivity index (χ1n) is 4.61. The second-order valence-corrected chi connectivity index (χ2v) is 3.47. The maximum atomic E-state index is 10.4. The quantitative estimate of drug-likeness (QED) is 0.567. The summed E-state index contributed by atoms with van der Waals surface area (Å²) in [5, 5.41) is 0. The fraction of sp³-hybridized carbons (Fsp3) is 0.900. The standard InChI is InChI=1S/C8H14O.C2H6O/c1-7-4-2-3-5-8(7)6-9;1-3-2/h6-8H,2-5H2,1H3;1-2H3. The van der Waals surface area contributed by atoms with E-state index >= 15 is 0 Å². The zero-order valence-electron chi connectivity index (χ0n) is 8.38. The molecule has 0 radical (unpaired) electrons. The summed E-state index contributed by atoms with van der Waals surface area (Å²) < 4.78 is 4.25. The average molecular weight is 172 g/mol. The van der Waals surface area contributed by atoms with Crippen LogP contribution in [-0.4, -0.2) is 20.5 Å². The van der Waals surface area contributed by atoms with Crippen LogP contribution in [0.4, 0.5) is 0 Å². The van der Waals surface area contributed by atoms with Gasteiger partial charge in [-0.15, -0.1) is 0 Å². The number of aldehydes is 1. The van der Waals surface area contributed by atoms with Crippen molar-refractivity contribution in [2.75, 3.05) is 14.2 Å². The van der Waals surface area contributed by atoms with E-state index in [0.29, 0.717) is 11.8 Å². The summed E-state index contributed by atoms with van der Waals surface area (Å²) in [6, 6.07) is 0. The van der Waals surface area contributed by atoms with Crippen molar-refractivity contribution in [1.29, 1.82) is 0 Å². The highest BCUT2D eigenvalue weighted by Crippen LogP contribution is 2.27. The van der Waals surface area contributed by atoms with Gasteiger partial charge in [0.05, 0.1) is 0 Å². The van der Waals surface area contributed by atoms with Crippen LogP contribution < -0.4 is 0 Å². The van der Waals surface area contributed by atoms with Crippen molar-refractivity contribution in [3.8, 4) is 0 Å². The van der Waals surface area contributed by atoms with Crippen molar-refractivity contribution < 1.29 is 9.53 Å². The van der Waals surface area contributed by atoms with Crippen molar-refractivity contribution in [2.24, 2.45) is 11.8 Å². The van der Waals surface area contributed by atoms with Crippen LogP contribution in [0.1, 0.15) is 32.6 Å². The lowest BCUT2D eigenvalue weighted by molar-refractivity contribution is -0.113. The highest BCUT2D eigenvalue weighted by Gasteiger charge is 2.19. The van der Waals surface area contributed by atoms with Gasteiger partial charge in [-0.3, -0.25) is 0 Å². The number of carbonyl (C=O) groups excluding carboxylic acids is 1. The van der Waals surface area contributed by atoms with E-state index in [-0.39, 0.29) is 0 Å². The van der Waals surface area contributed by atoms with E-state index in [4.69, 9.17) is 0 Å². The number of ether oxygens (including phenoxy) is 1. The van der Waals surface area contributed by atoms with Crippen LogP contribution in [0.5, 0.6) is 0 Å². The third-order valence-corrected chi connectivity index (χ3v) is 2.35. The SMILES string of the molecule is CC1CCCCC1C=O.COC. The van der Waals surface area contributed by atoms with Gasteiger partial charge in [-0.1, -0.05) is 26.2 Å². The van der Waals surface area contributed by atoms with Gasteiger partial charge in [-0.25, -0.2) is 0 Å². The summed E-state index contributed by atoms with van der Waals surface area (Å²) in [6.07, 6.45) is 6.09. The zero-order valence-corrected chi connectivity index (χ0v) is 8.38. The van der Waals surface area contributed by atoms with E-state index in [9.17, 15) is 4.79 Å². The van der Waals surface area contributed by atoms with Gasteiger partial charge in [0.15, 0.2) is 0 Å². The molecule has 1 aliphatic rings. The molecule has 2 nitrogen and oxygen atoms in total. The predicted octanol–water partition coefficient (Wildman–Crippen LogP) is 2.27. The molecule has 0 aromatic carbocycles. The first-order chi connectivity index (χ1) is 5.76. The van der Waals surface area contributed by atoms with E-state index in [0.717, 1.165) is 12.7 Å². The minimum absolute atomic E-state index is 0.374. The van der Waals surface area contributed by atoms with E-state index in [1.54, 1.807) is 14.2 Å². The van der Waals surface area contributed by atoms with E-state index in [2.05, 4.69) is 11.7 Å². The topological polar surface area (TPSA) is 26.3 Å². The Balaban J connectivity index is 0.000000354. The van der Waals surface area contributed by atoms with Gasteiger partial charge < -0.3 is 9.53 Å². The van der Waals surface area contributed by atoms with Crippen molar-refractivity contribution in [2.45, 2.75) is 32.6 Å². The highest BCUT2D eigenvalue weighted by molar-refractivity contribution is 5.54. The van der Waals surface area contributed by atoms with Crippen LogP contribution in [0.3, 0.4) is 0 Å². The highest BCUT2D eigenvalue weighted by atomic mass is 16.4. The lowest BCUT2D eigenvalue weighted by Gasteiger charge is -2.23. The number of methoxy groups -OCH3 is 1. The number of hydrogen-bond acceptors (Lipinski definition) is 2. The molecule has 0 aromatic heterocycles. The van der Waals surface area contributed by atoms with Crippen LogP contribution in [0, 0.1) is 11.8 Å². The lowest BCUT2D eigenvalue weighted by atomic mass is 9.81. The molecule has 1 aliphatic carbocycles. The Morgan fingerprint density at radius 2 is 1.75 bits per heavy atom. The van der Waals surface area contributed by atoms with Crippen LogP contribution >= 0.6 is 0 Å². The lowest BCUT2D eigenvalue weighted by Crippen LogP contribution is -2.17. The van der Waals surface area contributed by atoms with Crippen LogP contribution in [0.2, 0.25) is 0 Å². The summed E-state index contributed by atoms with van der Waals surface area (Å²) in [5.74, 6) is 1.02. The molecular formula is C10H20O2. The molecule has 0 aliphatic heterocycles. The normalized spacial score (nSPS) is 28.6. The Morgan fingerprint density at radius 3 is 2.08 bits per heavy atom. The third kappa shape index (κ3) is 4.50. The Bertz CT molecular complexity index is 112. The zero-order chi connectivity index (χ0) is 9.40. The molecule has 2 unspecified atom stereocenters. The Kier molecular flexibility index (Phi) is 7.06. The van der Waals surface area contributed by atoms with Gasteiger partial charge in [0.2, 0.25) is 0 Å². The van der Waals surface area contributed by atoms with Crippen LogP contribution in [0.25, 0.3) is 0 Å². The largest absolute Gasteiger partial charge is 0.388 e. The van der Waals surface area contributed by atoms with Gasteiger partial charge >= 0.3 is 0 Å². The molecule has 0 saturated heterocycles. The van der Waals surface area contributed by atoms with Gasteiger partial charge in [0, 0.05) is 20.1 Å². The summed E-state index contributed by atoms with van der Waals surface area (Å²) in [4.78, 5) is 10.4. The van der Waals surface area contributed by atoms with Gasteiger partial charge in [-0.2, -0.15) is 0 Å². The molecule has 72 valence electrons. The molecule has 1 rings (SSSR count). The summed E-state index contributed by atoms with van der Waals surface area (Å²) in [5.41, 5.74) is 0. The van der Waals surface area contributed by atoms with Gasteiger partial charge in [0.25, 0.3) is 0 Å². The molecule has 0 bridgehead atoms. The van der Waals surface area contributed by atoms with Crippen molar-refractivity contribution in [3.63, 3.8) is 0 Å². The fourth-order valence-corrected chi connectivity index (χ4v) is 1.55. The van der Waals surface area contributed by atoms with Gasteiger partial charge in [0.1, 0.15) is 6.29 Å². The van der Waals surface area contributed by atoms with Gasteiger partial charge in [-0.05, 0) is 12.3 Å². The molecule has 0 amide bonds. The molecule has 0 spiro atoms. The molecule has 1 saturated carbocycles. The molecule has 0 heterocycles. The molecule has 0 aromatic rings. The molecule has 2 heteroatoms. The smallest absolute Gasteiger partial charge is 0.123 e. The summed E-state index contributed by atoms with van der Waals surface area (Å²) in [7, 11) is 3.25. The average Bonchev–Trinajstić information content (AvgIpc) is 2.07. The minimum Gasteiger partial charge on any atom is -0.388 e. The Hall–Kier alpha value is -0.370. The second kappa shape index (κ2) is 7.29. The Labute approximate surface area is 75.3 Å². The molecule has 1 fully saturated rings. The molecular weight excluding hydrogens is 152 g/mol. The maximum absolute atomic E-state index is 10.4. The number of rotatable bonds is 1. The van der Waals surface area contributed by atoms with E-state index < -0.39 is 0 Å². The third-order valence-electron chi connectivity index (χ3n) is 2.35. The van der Waals surface area contributed by atoms with Crippen molar-refractivity contribution >= 4 is 6.29 Å². The fourth-order valence-electron chi connectivity index (χ4n) is 1.55. The Morgan fingerprint density at radius 1 is 1.25 bits per heavy atom. The monoisotopic (exact) mass is 172 g/mol. The predicted molar refractivity (Wildman–Crippen MR) is 50.1 cm³/mol. The number of hydrogen-bond donors (Lipinski definition) is 0. The minimum atomic E-state index is 0.374. The molecule has 12 heavy (non-hydrogen) atoms. The number of carbonyl (C=O) groups is 1. The van der Waals surface area contributed by atoms with Crippen molar-refractivity contribution in [1.82, 2.24) is 0 Å².